The Bertz CT molecular complexity index is 1150. The average molecular weight is 444 g/mol. The molecule has 0 radical (unpaired) electrons. The zero-order chi connectivity index (χ0) is 21.1. The summed E-state index contributed by atoms with van der Waals surface area (Å²) in [4.78, 5) is 17.4. The zero-order valence-corrected chi connectivity index (χ0v) is 18.6. The molecule has 158 valence electrons. The van der Waals surface area contributed by atoms with E-state index in [0.29, 0.717) is 23.8 Å². The number of nitrogens with zero attached hydrogens (tertiary/aromatic N) is 2. The number of rotatable bonds is 5. The number of amides is 1. The van der Waals surface area contributed by atoms with E-state index in [1.807, 2.05) is 18.2 Å². The lowest BCUT2D eigenvalue weighted by Crippen LogP contribution is -2.31. The summed E-state index contributed by atoms with van der Waals surface area (Å²) in [7, 11) is -3.52. The molecule has 1 N–H and O–H groups in total. The highest BCUT2D eigenvalue weighted by Gasteiger charge is 2.25. The van der Waals surface area contributed by atoms with Crippen LogP contribution in [0.3, 0.4) is 0 Å². The molecule has 1 aromatic heterocycles. The number of anilines is 1. The van der Waals surface area contributed by atoms with Gasteiger partial charge in [0, 0.05) is 18.7 Å². The number of hydrogen-bond donors (Lipinski definition) is 1. The van der Waals surface area contributed by atoms with E-state index in [-0.39, 0.29) is 10.8 Å². The third-order valence-electron chi connectivity index (χ3n) is 5.42. The lowest BCUT2D eigenvalue weighted by Gasteiger charge is -2.20. The normalized spacial score (nSPS) is 15.8. The number of sulfonamides is 1. The predicted molar refractivity (Wildman–Crippen MR) is 121 cm³/mol. The van der Waals surface area contributed by atoms with Crippen LogP contribution in [0, 0.1) is 0 Å². The zero-order valence-electron chi connectivity index (χ0n) is 16.9. The lowest BCUT2D eigenvalue weighted by molar-refractivity contribution is 0.102. The van der Waals surface area contributed by atoms with Crippen molar-refractivity contribution >= 4 is 42.6 Å². The molecule has 30 heavy (non-hydrogen) atoms. The van der Waals surface area contributed by atoms with Crippen LogP contribution in [0.2, 0.25) is 0 Å². The topological polar surface area (TPSA) is 79.4 Å². The molecule has 1 saturated heterocycles. The lowest BCUT2D eigenvalue weighted by atomic mass is 10.1. The van der Waals surface area contributed by atoms with Gasteiger partial charge in [0.1, 0.15) is 0 Å². The molecular formula is C22H25N3O3S2. The molecule has 8 heteroatoms. The van der Waals surface area contributed by atoms with Gasteiger partial charge in [0.25, 0.3) is 5.91 Å². The van der Waals surface area contributed by atoms with Crippen molar-refractivity contribution in [1.29, 1.82) is 0 Å². The first kappa shape index (κ1) is 21.0. The number of carbonyl (C=O) groups excluding carboxylic acids is 1. The van der Waals surface area contributed by atoms with Gasteiger partial charge >= 0.3 is 0 Å². The molecule has 2 aromatic carbocycles. The predicted octanol–water partition coefficient (Wildman–Crippen LogP) is 4.68. The monoisotopic (exact) mass is 443 g/mol. The molecule has 2 heterocycles. The van der Waals surface area contributed by atoms with Crippen molar-refractivity contribution in [3.63, 3.8) is 0 Å². The van der Waals surface area contributed by atoms with E-state index in [9.17, 15) is 13.2 Å². The van der Waals surface area contributed by atoms with Crippen LogP contribution >= 0.6 is 11.3 Å². The molecule has 1 amide bonds. The highest BCUT2D eigenvalue weighted by Crippen LogP contribution is 2.29. The maximum atomic E-state index is 12.9. The van der Waals surface area contributed by atoms with Crippen LogP contribution in [-0.4, -0.2) is 36.7 Å². The van der Waals surface area contributed by atoms with E-state index in [2.05, 4.69) is 17.2 Å². The number of aryl methyl sites for hydroxylation is 1. The molecule has 3 aromatic rings. The van der Waals surface area contributed by atoms with Gasteiger partial charge in [0.2, 0.25) is 10.0 Å². The molecule has 0 spiro atoms. The number of benzene rings is 2. The summed E-state index contributed by atoms with van der Waals surface area (Å²) in [6.45, 7) is 3.19. The maximum Gasteiger partial charge on any atom is 0.257 e. The fraction of sp³-hybridized carbons (Fsp3) is 0.364. The number of thiazole rings is 1. The minimum Gasteiger partial charge on any atom is -0.298 e. The second-order valence-corrected chi connectivity index (χ2v) is 10.4. The molecule has 0 bridgehead atoms. The van der Waals surface area contributed by atoms with Crippen LogP contribution in [0.4, 0.5) is 5.13 Å². The Morgan fingerprint density at radius 2 is 1.77 bits per heavy atom. The van der Waals surface area contributed by atoms with Crippen molar-refractivity contribution in [2.75, 3.05) is 18.4 Å². The van der Waals surface area contributed by atoms with Gasteiger partial charge in [-0.2, -0.15) is 4.31 Å². The van der Waals surface area contributed by atoms with E-state index in [1.54, 1.807) is 16.4 Å². The van der Waals surface area contributed by atoms with E-state index in [0.717, 1.165) is 47.9 Å². The molecule has 1 fully saturated rings. The van der Waals surface area contributed by atoms with Crippen LogP contribution in [0.15, 0.2) is 47.4 Å². The summed E-state index contributed by atoms with van der Waals surface area (Å²) in [5.74, 6) is -0.300. The number of carbonyl (C=O) groups is 1. The van der Waals surface area contributed by atoms with Crippen LogP contribution in [0.1, 0.15) is 48.5 Å². The highest BCUT2D eigenvalue weighted by atomic mass is 32.2. The van der Waals surface area contributed by atoms with Crippen LogP contribution in [0.5, 0.6) is 0 Å². The van der Waals surface area contributed by atoms with Gasteiger partial charge in [0.15, 0.2) is 5.13 Å². The van der Waals surface area contributed by atoms with Gasteiger partial charge < -0.3 is 0 Å². The van der Waals surface area contributed by atoms with Crippen molar-refractivity contribution in [3.05, 3.63) is 53.6 Å². The van der Waals surface area contributed by atoms with Gasteiger partial charge in [-0.1, -0.05) is 43.2 Å². The van der Waals surface area contributed by atoms with Crippen molar-refractivity contribution in [2.45, 2.75) is 43.9 Å². The molecule has 0 saturated carbocycles. The Balaban J connectivity index is 1.50. The standard InChI is InChI=1S/C22H25N3O3S2/c1-2-16-8-7-9-19-20(16)23-22(29-19)24-21(26)17-10-12-18(13-11-17)30(27,28)25-14-5-3-4-6-15-25/h7-13H,2-6,14-15H2,1H3,(H,23,24,26). The Labute approximate surface area is 181 Å². The molecule has 6 nitrogen and oxygen atoms in total. The quantitative estimate of drug-likeness (QED) is 0.621. The van der Waals surface area contributed by atoms with E-state index < -0.39 is 10.0 Å². The highest BCUT2D eigenvalue weighted by molar-refractivity contribution is 7.89. The summed E-state index contributed by atoms with van der Waals surface area (Å²) in [5.41, 5.74) is 2.46. The third-order valence-corrected chi connectivity index (χ3v) is 8.27. The molecule has 4 rings (SSSR count). The summed E-state index contributed by atoms with van der Waals surface area (Å²) in [5, 5.41) is 3.38. The number of fused-ring (bicyclic) bond motifs is 1. The van der Waals surface area contributed by atoms with Crippen molar-refractivity contribution in [1.82, 2.24) is 9.29 Å². The molecule has 0 unspecified atom stereocenters. The first-order valence-corrected chi connectivity index (χ1v) is 12.5. The van der Waals surface area contributed by atoms with Crippen LogP contribution in [0.25, 0.3) is 10.2 Å². The number of nitrogens with one attached hydrogen (secondary N) is 1. The van der Waals surface area contributed by atoms with Crippen molar-refractivity contribution < 1.29 is 13.2 Å². The molecule has 0 atom stereocenters. The van der Waals surface area contributed by atoms with Gasteiger partial charge in [-0.05, 0) is 55.2 Å². The van der Waals surface area contributed by atoms with Gasteiger partial charge in [-0.3, -0.25) is 10.1 Å². The second kappa shape index (κ2) is 8.83. The fourth-order valence-electron chi connectivity index (χ4n) is 3.72. The van der Waals surface area contributed by atoms with Gasteiger partial charge in [-0.15, -0.1) is 0 Å². The van der Waals surface area contributed by atoms with Crippen molar-refractivity contribution in [2.24, 2.45) is 0 Å². The summed E-state index contributed by atoms with van der Waals surface area (Å²) in [6, 6.07) is 12.2. The fourth-order valence-corrected chi connectivity index (χ4v) is 6.15. The minimum absolute atomic E-state index is 0.230. The van der Waals surface area contributed by atoms with Crippen molar-refractivity contribution in [3.8, 4) is 0 Å². The Morgan fingerprint density at radius 1 is 1.07 bits per heavy atom. The molecule has 0 aliphatic carbocycles. The Morgan fingerprint density at radius 3 is 2.43 bits per heavy atom. The third kappa shape index (κ3) is 4.26. The first-order chi connectivity index (χ1) is 14.5. The minimum atomic E-state index is -3.52. The van der Waals surface area contributed by atoms with Gasteiger partial charge in [0.05, 0.1) is 15.1 Å². The largest absolute Gasteiger partial charge is 0.298 e. The first-order valence-electron chi connectivity index (χ1n) is 10.3. The van der Waals surface area contributed by atoms with Crippen LogP contribution in [-0.2, 0) is 16.4 Å². The molecular weight excluding hydrogens is 418 g/mol. The summed E-state index contributed by atoms with van der Waals surface area (Å²) in [6.07, 6.45) is 4.79. The van der Waals surface area contributed by atoms with E-state index in [4.69, 9.17) is 0 Å². The summed E-state index contributed by atoms with van der Waals surface area (Å²) >= 11 is 1.43. The van der Waals surface area contributed by atoms with Crippen LogP contribution < -0.4 is 5.32 Å². The molecule has 1 aliphatic rings. The number of aromatic nitrogens is 1. The number of para-hydroxylation sites is 1. The SMILES string of the molecule is CCc1cccc2sc(NC(=O)c3ccc(S(=O)(=O)N4CCCCCC4)cc3)nc12. The number of hydrogen-bond acceptors (Lipinski definition) is 5. The Kier molecular flexibility index (Phi) is 6.17. The summed E-state index contributed by atoms with van der Waals surface area (Å²) < 4.78 is 28.4. The smallest absolute Gasteiger partial charge is 0.257 e. The second-order valence-electron chi connectivity index (χ2n) is 7.43. The maximum absolute atomic E-state index is 12.9. The Hall–Kier alpha value is -2.29. The average Bonchev–Trinajstić information content (AvgIpc) is 2.97. The van der Waals surface area contributed by atoms with E-state index >= 15 is 0 Å². The van der Waals surface area contributed by atoms with Gasteiger partial charge in [-0.25, -0.2) is 13.4 Å². The molecule has 1 aliphatic heterocycles. The van der Waals surface area contributed by atoms with E-state index in [1.165, 1.54) is 23.5 Å².